The van der Waals surface area contributed by atoms with Gasteiger partial charge in [-0.2, -0.15) is 0 Å². The second-order valence-corrected chi connectivity index (χ2v) is 10.7. The molecule has 0 saturated heterocycles. The molecule has 39 heavy (non-hydrogen) atoms. The molecule has 0 fully saturated rings. The third-order valence-corrected chi connectivity index (χ3v) is 5.91. The first-order valence-corrected chi connectivity index (χ1v) is 13.7. The second kappa shape index (κ2) is 16.7. The Balaban J connectivity index is 3.28. The third-order valence-electron chi connectivity index (χ3n) is 5.91. The molecule has 10 nitrogen and oxygen atoms in total. The summed E-state index contributed by atoms with van der Waals surface area (Å²) >= 11 is 0. The zero-order valence-corrected chi connectivity index (χ0v) is 24.1. The molecule has 0 aliphatic carbocycles. The Morgan fingerprint density at radius 2 is 1.44 bits per heavy atom. The number of aliphatic carboxylic acids is 1. The number of carbonyl (C=O) groups excluding carboxylic acids is 3. The lowest BCUT2D eigenvalue weighted by molar-refractivity contribution is -0.139. The predicted octanol–water partition coefficient (Wildman–Crippen LogP) is 5.74. The van der Waals surface area contributed by atoms with Crippen LogP contribution < -0.4 is 15.2 Å². The molecule has 0 bridgehead atoms. The number of unbranched alkanes of at least 4 members (excludes halogenated alkanes) is 4. The standard InChI is InChI=1S/C29H45NO9/c1-7-9-11-13-23(31)37-21-16-15-20(17-22(21)38-24(32)14-12-10-8-2)25(26(30)27(33)34)19(3)18-36-28(35)39-29(4,5)6/h15-17,19,25-26H,7-14,18,30H2,1-6H3,(H,33,34)/t19?,25?,26-/m0/s1. The molecular weight excluding hydrogens is 506 g/mol. The minimum Gasteiger partial charge on any atom is -0.480 e. The average Bonchev–Trinajstić information content (AvgIpc) is 2.83. The highest BCUT2D eigenvalue weighted by Gasteiger charge is 2.33. The van der Waals surface area contributed by atoms with E-state index in [9.17, 15) is 24.3 Å². The molecule has 3 N–H and O–H groups in total. The quantitative estimate of drug-likeness (QED) is 0.148. The molecule has 1 aromatic rings. The summed E-state index contributed by atoms with van der Waals surface area (Å²) in [5.74, 6) is -3.55. The van der Waals surface area contributed by atoms with E-state index in [0.717, 1.165) is 25.7 Å². The summed E-state index contributed by atoms with van der Waals surface area (Å²) in [4.78, 5) is 48.9. The molecule has 0 aromatic heterocycles. The van der Waals surface area contributed by atoms with Crippen molar-refractivity contribution in [2.75, 3.05) is 6.61 Å². The van der Waals surface area contributed by atoms with E-state index in [1.165, 1.54) is 12.1 Å². The van der Waals surface area contributed by atoms with Crippen LogP contribution in [0, 0.1) is 5.92 Å². The topological polar surface area (TPSA) is 151 Å². The Kier molecular flexibility index (Phi) is 14.5. The maximum absolute atomic E-state index is 12.5. The molecule has 0 amide bonds. The van der Waals surface area contributed by atoms with Gasteiger partial charge in [0.1, 0.15) is 11.6 Å². The molecule has 0 heterocycles. The summed E-state index contributed by atoms with van der Waals surface area (Å²) in [6, 6.07) is 3.13. The van der Waals surface area contributed by atoms with Gasteiger partial charge in [-0.05, 0) is 57.2 Å². The third kappa shape index (κ3) is 13.0. The van der Waals surface area contributed by atoms with Gasteiger partial charge in [0.05, 0.1) is 6.61 Å². The largest absolute Gasteiger partial charge is 0.508 e. The van der Waals surface area contributed by atoms with Gasteiger partial charge in [-0.1, -0.05) is 52.5 Å². The van der Waals surface area contributed by atoms with E-state index in [1.54, 1.807) is 33.8 Å². The summed E-state index contributed by atoms with van der Waals surface area (Å²) in [7, 11) is 0. The Bertz CT molecular complexity index is 955. The number of carboxylic acids is 1. The van der Waals surface area contributed by atoms with Crippen LogP contribution in [0.1, 0.15) is 104 Å². The Morgan fingerprint density at radius 3 is 1.92 bits per heavy atom. The van der Waals surface area contributed by atoms with Gasteiger partial charge in [-0.25, -0.2) is 4.79 Å². The fourth-order valence-electron chi connectivity index (χ4n) is 3.91. The van der Waals surface area contributed by atoms with Crippen LogP contribution in [-0.2, 0) is 23.9 Å². The zero-order valence-electron chi connectivity index (χ0n) is 24.1. The number of nitrogens with two attached hydrogens (primary N) is 1. The monoisotopic (exact) mass is 551 g/mol. The van der Waals surface area contributed by atoms with Gasteiger partial charge in [-0.3, -0.25) is 14.4 Å². The zero-order chi connectivity index (χ0) is 29.6. The van der Waals surface area contributed by atoms with Crippen LogP contribution in [-0.4, -0.2) is 47.4 Å². The van der Waals surface area contributed by atoms with E-state index in [-0.39, 0.29) is 30.9 Å². The summed E-state index contributed by atoms with van der Waals surface area (Å²) in [5, 5.41) is 9.69. The fourth-order valence-corrected chi connectivity index (χ4v) is 3.91. The molecule has 0 saturated carbocycles. The maximum Gasteiger partial charge on any atom is 0.508 e. The van der Waals surface area contributed by atoms with Crippen molar-refractivity contribution >= 4 is 24.1 Å². The highest BCUT2D eigenvalue weighted by atomic mass is 16.7. The molecule has 0 aliphatic heterocycles. The molecule has 220 valence electrons. The van der Waals surface area contributed by atoms with Gasteiger partial charge in [0.15, 0.2) is 11.5 Å². The summed E-state index contributed by atoms with van der Waals surface area (Å²) in [6.07, 6.45) is 4.45. The number of carboxylic acid groups (broad SMARTS) is 1. The molecule has 1 rings (SSSR count). The fraction of sp³-hybridized carbons (Fsp3) is 0.655. The molecular formula is C29H45NO9. The number of hydrogen-bond donors (Lipinski definition) is 2. The number of ether oxygens (including phenoxy) is 4. The van der Waals surface area contributed by atoms with Crippen LogP contribution in [0.4, 0.5) is 4.79 Å². The highest BCUT2D eigenvalue weighted by molar-refractivity contribution is 5.77. The van der Waals surface area contributed by atoms with E-state index in [0.29, 0.717) is 18.4 Å². The number of esters is 2. The van der Waals surface area contributed by atoms with Crippen molar-refractivity contribution in [1.82, 2.24) is 0 Å². The lowest BCUT2D eigenvalue weighted by atomic mass is 9.82. The van der Waals surface area contributed by atoms with Crippen molar-refractivity contribution in [2.24, 2.45) is 11.7 Å². The average molecular weight is 552 g/mol. The first-order valence-electron chi connectivity index (χ1n) is 13.7. The Morgan fingerprint density at radius 1 is 0.897 bits per heavy atom. The molecule has 3 atom stereocenters. The van der Waals surface area contributed by atoms with Gasteiger partial charge in [0.2, 0.25) is 0 Å². The molecule has 0 aliphatic rings. The van der Waals surface area contributed by atoms with Gasteiger partial charge < -0.3 is 29.8 Å². The minimum absolute atomic E-state index is 0.000638. The van der Waals surface area contributed by atoms with Crippen molar-refractivity contribution in [3.05, 3.63) is 23.8 Å². The normalized spacial score (nSPS) is 13.6. The van der Waals surface area contributed by atoms with Crippen molar-refractivity contribution < 1.29 is 43.2 Å². The summed E-state index contributed by atoms with van der Waals surface area (Å²) < 4.78 is 21.4. The van der Waals surface area contributed by atoms with E-state index in [1.807, 2.05) is 13.8 Å². The van der Waals surface area contributed by atoms with Crippen LogP contribution in [0.2, 0.25) is 0 Å². The van der Waals surface area contributed by atoms with E-state index < -0.39 is 47.5 Å². The number of benzene rings is 1. The first kappa shape index (κ1) is 33.9. The Hall–Kier alpha value is -3.14. The van der Waals surface area contributed by atoms with Crippen LogP contribution in [0.15, 0.2) is 18.2 Å². The van der Waals surface area contributed by atoms with Crippen molar-refractivity contribution in [1.29, 1.82) is 0 Å². The summed E-state index contributed by atoms with van der Waals surface area (Å²) in [6.45, 7) is 10.7. The first-order chi connectivity index (χ1) is 18.3. The second-order valence-electron chi connectivity index (χ2n) is 10.7. The van der Waals surface area contributed by atoms with Crippen molar-refractivity contribution in [3.8, 4) is 11.5 Å². The lowest BCUT2D eigenvalue weighted by Gasteiger charge is -2.28. The molecule has 10 heteroatoms. The number of hydrogen-bond acceptors (Lipinski definition) is 9. The SMILES string of the molecule is CCCCCC(=O)Oc1ccc(C(C(C)COC(=O)OC(C)(C)C)[C@H](N)C(=O)O)cc1OC(=O)CCCCC. The van der Waals surface area contributed by atoms with E-state index in [2.05, 4.69) is 0 Å². The van der Waals surface area contributed by atoms with Gasteiger partial charge >= 0.3 is 24.1 Å². The minimum atomic E-state index is -1.36. The van der Waals surface area contributed by atoms with Crippen LogP contribution >= 0.6 is 0 Å². The van der Waals surface area contributed by atoms with E-state index in [4.69, 9.17) is 24.7 Å². The van der Waals surface area contributed by atoms with Crippen molar-refractivity contribution in [2.45, 2.75) is 110 Å². The maximum atomic E-state index is 12.5. The van der Waals surface area contributed by atoms with Gasteiger partial charge in [-0.15, -0.1) is 0 Å². The molecule has 0 spiro atoms. The van der Waals surface area contributed by atoms with E-state index >= 15 is 0 Å². The number of carbonyl (C=O) groups is 4. The van der Waals surface area contributed by atoms with Gasteiger partial charge in [0.25, 0.3) is 0 Å². The lowest BCUT2D eigenvalue weighted by Crippen LogP contribution is -2.41. The highest BCUT2D eigenvalue weighted by Crippen LogP contribution is 2.36. The van der Waals surface area contributed by atoms with Crippen LogP contribution in [0.25, 0.3) is 0 Å². The van der Waals surface area contributed by atoms with Gasteiger partial charge in [0, 0.05) is 18.8 Å². The number of rotatable bonds is 16. The predicted molar refractivity (Wildman–Crippen MR) is 146 cm³/mol. The molecule has 2 unspecified atom stereocenters. The summed E-state index contributed by atoms with van der Waals surface area (Å²) in [5.41, 5.74) is 5.73. The molecule has 0 radical (unpaired) electrons. The van der Waals surface area contributed by atoms with Crippen LogP contribution in [0.5, 0.6) is 11.5 Å². The van der Waals surface area contributed by atoms with Crippen LogP contribution in [0.3, 0.4) is 0 Å². The Labute approximate surface area is 231 Å². The smallest absolute Gasteiger partial charge is 0.480 e. The molecule has 1 aromatic carbocycles. The van der Waals surface area contributed by atoms with Crippen molar-refractivity contribution in [3.63, 3.8) is 0 Å².